The van der Waals surface area contributed by atoms with E-state index in [1.54, 1.807) is 0 Å². The average molecular weight is 495 g/mol. The van der Waals surface area contributed by atoms with Crippen molar-refractivity contribution in [1.82, 2.24) is 4.90 Å². The van der Waals surface area contributed by atoms with Crippen LogP contribution in [0.3, 0.4) is 0 Å². The highest BCUT2D eigenvalue weighted by atomic mass is 127. The minimum absolute atomic E-state index is 0.259. The molecule has 0 saturated carbocycles. The molecule has 6 nitrogen and oxygen atoms in total. The van der Waals surface area contributed by atoms with Crippen LogP contribution in [0, 0.1) is 9.49 Å². The van der Waals surface area contributed by atoms with E-state index in [1.807, 2.05) is 12.1 Å². The SMILES string of the molecule is CC(=O)Oc1cc(I)c2c3c1O[C@H]1[C@@H](OC(C)=O)C=CC4[C@@H](C2)N(C)CCC341. The Labute approximate surface area is 177 Å². The number of ether oxygens (including phenoxy) is 3. The lowest BCUT2D eigenvalue weighted by molar-refractivity contribution is -0.152. The monoisotopic (exact) mass is 495 g/mol. The molecule has 2 aliphatic heterocycles. The minimum Gasteiger partial charge on any atom is -0.481 e. The summed E-state index contributed by atoms with van der Waals surface area (Å²) in [6.07, 6.45) is 5.30. The fraction of sp³-hybridized carbons (Fsp3) is 0.524. The van der Waals surface area contributed by atoms with E-state index in [2.05, 4.69) is 40.6 Å². The van der Waals surface area contributed by atoms with E-state index in [0.717, 1.165) is 28.5 Å². The number of hydrogen-bond donors (Lipinski definition) is 0. The number of carbonyl (C=O) groups is 2. The van der Waals surface area contributed by atoms with Crippen molar-refractivity contribution in [1.29, 1.82) is 0 Å². The van der Waals surface area contributed by atoms with Crippen molar-refractivity contribution in [2.75, 3.05) is 13.6 Å². The van der Waals surface area contributed by atoms with Crippen LogP contribution in [-0.2, 0) is 26.2 Å². The zero-order chi connectivity index (χ0) is 19.8. The summed E-state index contributed by atoms with van der Waals surface area (Å²) in [5, 5.41) is 0. The smallest absolute Gasteiger partial charge is 0.308 e. The lowest BCUT2D eigenvalue weighted by Crippen LogP contribution is -2.65. The molecule has 1 aromatic rings. The molecule has 0 N–H and O–H groups in total. The Morgan fingerprint density at radius 3 is 2.79 bits per heavy atom. The van der Waals surface area contributed by atoms with Crippen LogP contribution in [0.5, 0.6) is 11.5 Å². The van der Waals surface area contributed by atoms with Crippen molar-refractivity contribution >= 4 is 34.5 Å². The van der Waals surface area contributed by atoms with Crippen LogP contribution in [0.1, 0.15) is 31.4 Å². The summed E-state index contributed by atoms with van der Waals surface area (Å²) in [7, 11) is 2.18. The summed E-state index contributed by atoms with van der Waals surface area (Å²) in [6.45, 7) is 3.78. The highest BCUT2D eigenvalue weighted by molar-refractivity contribution is 14.1. The number of hydrogen-bond acceptors (Lipinski definition) is 6. The highest BCUT2D eigenvalue weighted by Gasteiger charge is 2.65. The molecule has 1 spiro atoms. The summed E-state index contributed by atoms with van der Waals surface area (Å²) in [4.78, 5) is 25.9. The summed E-state index contributed by atoms with van der Waals surface area (Å²) >= 11 is 2.33. The van der Waals surface area contributed by atoms with Crippen molar-refractivity contribution in [3.63, 3.8) is 0 Å². The van der Waals surface area contributed by atoms with E-state index in [-0.39, 0.29) is 29.4 Å². The van der Waals surface area contributed by atoms with Gasteiger partial charge >= 0.3 is 11.9 Å². The number of likely N-dealkylation sites (N-methyl/N-ethyl adjacent to an activating group) is 1. The van der Waals surface area contributed by atoms with E-state index < -0.39 is 6.10 Å². The third-order valence-electron chi connectivity index (χ3n) is 6.75. The van der Waals surface area contributed by atoms with E-state index >= 15 is 0 Å². The molecule has 2 bridgehead atoms. The van der Waals surface area contributed by atoms with Crippen LogP contribution in [0.2, 0.25) is 0 Å². The van der Waals surface area contributed by atoms with Crippen molar-refractivity contribution in [3.05, 3.63) is 32.9 Å². The summed E-state index contributed by atoms with van der Waals surface area (Å²) in [5.41, 5.74) is 2.18. The third-order valence-corrected chi connectivity index (χ3v) is 7.71. The molecule has 5 rings (SSSR count). The van der Waals surface area contributed by atoms with Gasteiger partial charge in [0, 0.05) is 40.4 Å². The number of esters is 2. The Bertz CT molecular complexity index is 928. The molecule has 0 amide bonds. The van der Waals surface area contributed by atoms with Gasteiger partial charge in [0.2, 0.25) is 0 Å². The van der Waals surface area contributed by atoms with Gasteiger partial charge in [0.15, 0.2) is 17.6 Å². The minimum atomic E-state index is -0.445. The fourth-order valence-electron chi connectivity index (χ4n) is 5.77. The normalized spacial score (nSPS) is 34.4. The number of halogens is 1. The van der Waals surface area contributed by atoms with Gasteiger partial charge in [0.25, 0.3) is 0 Å². The Morgan fingerprint density at radius 2 is 2.07 bits per heavy atom. The molecular formula is C21H22INO5. The van der Waals surface area contributed by atoms with Gasteiger partial charge in [0.05, 0.1) is 0 Å². The fourth-order valence-corrected chi connectivity index (χ4v) is 6.54. The first-order valence-electron chi connectivity index (χ1n) is 9.59. The first-order chi connectivity index (χ1) is 13.3. The molecule has 5 atom stereocenters. The molecule has 148 valence electrons. The van der Waals surface area contributed by atoms with E-state index in [1.165, 1.54) is 19.4 Å². The Balaban J connectivity index is 1.75. The van der Waals surface area contributed by atoms with Gasteiger partial charge in [-0.05, 0) is 66.7 Å². The second kappa shape index (κ2) is 6.19. The Morgan fingerprint density at radius 1 is 1.29 bits per heavy atom. The van der Waals surface area contributed by atoms with Crippen molar-refractivity contribution in [2.45, 2.75) is 50.4 Å². The van der Waals surface area contributed by atoms with Crippen LogP contribution >= 0.6 is 22.6 Å². The lowest BCUT2D eigenvalue weighted by atomic mass is 9.53. The lowest BCUT2D eigenvalue weighted by Gasteiger charge is -2.56. The quantitative estimate of drug-likeness (QED) is 0.272. The predicted molar refractivity (Wildman–Crippen MR) is 109 cm³/mol. The summed E-state index contributed by atoms with van der Waals surface area (Å²) in [6, 6.07) is 2.27. The molecule has 2 unspecified atom stereocenters. The van der Waals surface area contributed by atoms with Gasteiger partial charge in [-0.15, -0.1) is 0 Å². The van der Waals surface area contributed by atoms with Gasteiger partial charge in [-0.2, -0.15) is 0 Å². The van der Waals surface area contributed by atoms with Gasteiger partial charge in [-0.3, -0.25) is 9.59 Å². The van der Waals surface area contributed by atoms with Crippen LogP contribution in [-0.4, -0.2) is 48.7 Å². The van der Waals surface area contributed by atoms with Gasteiger partial charge in [-0.1, -0.05) is 6.08 Å². The number of benzene rings is 1. The van der Waals surface area contributed by atoms with Crippen LogP contribution in [0.25, 0.3) is 0 Å². The van der Waals surface area contributed by atoms with Crippen molar-refractivity contribution in [3.8, 4) is 11.5 Å². The first-order valence-corrected chi connectivity index (χ1v) is 10.7. The second-order valence-corrected chi connectivity index (χ2v) is 9.36. The predicted octanol–water partition coefficient (Wildman–Crippen LogP) is 2.59. The zero-order valence-corrected chi connectivity index (χ0v) is 18.2. The van der Waals surface area contributed by atoms with Gasteiger partial charge in [0.1, 0.15) is 6.10 Å². The van der Waals surface area contributed by atoms with Gasteiger partial charge in [-0.25, -0.2) is 0 Å². The third kappa shape index (κ3) is 2.35. The average Bonchev–Trinajstić information content (AvgIpc) is 2.96. The Hall–Kier alpha value is -1.61. The summed E-state index contributed by atoms with van der Waals surface area (Å²) in [5.74, 6) is 0.715. The van der Waals surface area contributed by atoms with Crippen LogP contribution < -0.4 is 9.47 Å². The topological polar surface area (TPSA) is 65.1 Å². The summed E-state index contributed by atoms with van der Waals surface area (Å²) < 4.78 is 18.7. The number of rotatable bonds is 2. The molecule has 0 radical (unpaired) electrons. The number of likely N-dealkylation sites (tertiary alicyclic amines) is 1. The first kappa shape index (κ1) is 18.4. The maximum atomic E-state index is 11.7. The van der Waals surface area contributed by atoms with Gasteiger partial charge < -0.3 is 19.1 Å². The highest BCUT2D eigenvalue weighted by Crippen LogP contribution is 2.63. The standard InChI is InChI=1S/C21H22INO5/c1-10(24)26-16-5-4-13-15-8-12-14(22)9-17(27-11(2)25)19-18(12)21(13,20(16)28-19)6-7-23(15)3/h4-5,9,13,15-16,20H,6-8H2,1-3H3/t13?,15-,16+,20+,21?/m1/s1. The van der Waals surface area contributed by atoms with E-state index in [9.17, 15) is 9.59 Å². The van der Waals surface area contributed by atoms with Crippen molar-refractivity contribution in [2.24, 2.45) is 5.92 Å². The maximum Gasteiger partial charge on any atom is 0.308 e. The molecule has 7 heteroatoms. The molecule has 2 heterocycles. The number of carbonyl (C=O) groups excluding carboxylic acids is 2. The molecule has 1 aromatic carbocycles. The van der Waals surface area contributed by atoms with E-state index in [0.29, 0.717) is 17.5 Å². The second-order valence-electron chi connectivity index (χ2n) is 8.20. The molecule has 1 fully saturated rings. The Kier molecular flexibility index (Phi) is 4.07. The molecule has 2 aliphatic carbocycles. The molecule has 4 aliphatic rings. The molecule has 0 aromatic heterocycles. The molecular weight excluding hydrogens is 473 g/mol. The van der Waals surface area contributed by atoms with E-state index in [4.69, 9.17) is 14.2 Å². The zero-order valence-electron chi connectivity index (χ0n) is 16.0. The largest absolute Gasteiger partial charge is 0.481 e. The van der Waals surface area contributed by atoms with Crippen LogP contribution in [0.15, 0.2) is 18.2 Å². The maximum absolute atomic E-state index is 11.7. The van der Waals surface area contributed by atoms with Crippen molar-refractivity contribution < 1.29 is 23.8 Å². The number of nitrogens with zero attached hydrogens (tertiary/aromatic N) is 1. The van der Waals surface area contributed by atoms with Crippen LogP contribution in [0.4, 0.5) is 0 Å². The molecule has 28 heavy (non-hydrogen) atoms. The molecule has 1 saturated heterocycles. The number of piperidine rings is 1.